The van der Waals surface area contributed by atoms with E-state index in [1.807, 2.05) is 30.3 Å². The van der Waals surface area contributed by atoms with Crippen molar-refractivity contribution in [3.05, 3.63) is 70.1 Å². The third kappa shape index (κ3) is 6.50. The number of carbonyl (C=O) groups excluding carboxylic acids is 2. The molecular weight excluding hydrogens is 566 g/mol. The summed E-state index contributed by atoms with van der Waals surface area (Å²) in [6.07, 6.45) is -0.762. The topological polar surface area (TPSA) is 155 Å². The number of nitrogens with one attached hydrogen (secondary N) is 2. The van der Waals surface area contributed by atoms with Gasteiger partial charge < -0.3 is 20.5 Å². The van der Waals surface area contributed by atoms with Crippen LogP contribution >= 0.6 is 22.9 Å². The molecule has 2 aromatic heterocycles. The van der Waals surface area contributed by atoms with E-state index < -0.39 is 28.1 Å². The van der Waals surface area contributed by atoms with Crippen molar-refractivity contribution in [2.45, 2.75) is 36.4 Å². The Bertz CT molecular complexity index is 1600. The van der Waals surface area contributed by atoms with E-state index in [-0.39, 0.29) is 23.0 Å². The van der Waals surface area contributed by atoms with Crippen molar-refractivity contribution in [3.63, 3.8) is 0 Å². The fraction of sp³-hybridized carbons (Fsp3) is 0.240. The van der Waals surface area contributed by atoms with Crippen LogP contribution in [0.2, 0.25) is 4.34 Å². The van der Waals surface area contributed by atoms with Crippen molar-refractivity contribution in [2.75, 3.05) is 11.8 Å². The number of hydrogen-bond acceptors (Lipinski definition) is 9. The minimum absolute atomic E-state index is 0.0617. The fourth-order valence-electron chi connectivity index (χ4n) is 3.88. The highest BCUT2D eigenvalue weighted by atomic mass is 35.5. The number of methoxy groups -OCH3 is 1. The van der Waals surface area contributed by atoms with Crippen LogP contribution in [0.15, 0.2) is 58.8 Å². The molecule has 2 aromatic carbocycles. The normalized spacial score (nSPS) is 13.0. The van der Waals surface area contributed by atoms with Crippen LogP contribution in [0, 0.1) is 0 Å². The zero-order chi connectivity index (χ0) is 28.2. The van der Waals surface area contributed by atoms with Crippen molar-refractivity contribution in [1.82, 2.24) is 15.1 Å². The van der Waals surface area contributed by atoms with Gasteiger partial charge in [0, 0.05) is 6.54 Å². The number of nitrogens with zero attached hydrogens (tertiary/aromatic N) is 2. The Balaban J connectivity index is 1.58. The maximum Gasteiger partial charge on any atom is 0.293 e. The first-order valence-electron chi connectivity index (χ1n) is 11.6. The molecule has 4 N–H and O–H groups in total. The van der Waals surface area contributed by atoms with E-state index in [9.17, 15) is 18.0 Å². The summed E-state index contributed by atoms with van der Waals surface area (Å²) in [6, 6.07) is 14.7. The number of amides is 1. The highest BCUT2D eigenvalue weighted by Gasteiger charge is 2.24. The zero-order valence-corrected chi connectivity index (χ0v) is 23.3. The van der Waals surface area contributed by atoms with Crippen molar-refractivity contribution < 1.29 is 27.5 Å². The molecule has 2 atom stereocenters. The molecular formula is C25H26ClN5O6S2. The van der Waals surface area contributed by atoms with E-state index in [0.717, 1.165) is 22.5 Å². The molecule has 0 aliphatic rings. The lowest BCUT2D eigenvalue weighted by Crippen LogP contribution is -2.47. The van der Waals surface area contributed by atoms with Gasteiger partial charge in [0.05, 0.1) is 28.9 Å². The van der Waals surface area contributed by atoms with Gasteiger partial charge in [-0.1, -0.05) is 41.9 Å². The SMILES string of the molecule is COc1cccc2c1c(NS(=O)(=O)c1ccc(Cl)s1)nn2Cc1cccc(CNC(=O)[C@H](N)[C@@H](C)OC=O)c1. The molecule has 1 amide bonds. The Hall–Kier alpha value is -3.65. The van der Waals surface area contributed by atoms with E-state index in [1.54, 1.807) is 16.8 Å². The van der Waals surface area contributed by atoms with E-state index in [0.29, 0.717) is 27.5 Å². The first-order chi connectivity index (χ1) is 18.6. The smallest absolute Gasteiger partial charge is 0.293 e. The van der Waals surface area contributed by atoms with Gasteiger partial charge in [0.15, 0.2) is 5.82 Å². The molecule has 0 aliphatic carbocycles. The van der Waals surface area contributed by atoms with Crippen LogP contribution in [0.25, 0.3) is 10.9 Å². The van der Waals surface area contributed by atoms with E-state index >= 15 is 0 Å². The summed E-state index contributed by atoms with van der Waals surface area (Å²) in [5.74, 6) is 0.126. The quantitative estimate of drug-likeness (QED) is 0.212. The lowest BCUT2D eigenvalue weighted by molar-refractivity contribution is -0.136. The van der Waals surface area contributed by atoms with Gasteiger partial charge in [0.25, 0.3) is 16.5 Å². The number of carbonyl (C=O) groups is 2. The Kier molecular flexibility index (Phi) is 8.75. The molecule has 0 saturated carbocycles. The van der Waals surface area contributed by atoms with Crippen molar-refractivity contribution in [3.8, 4) is 5.75 Å². The summed E-state index contributed by atoms with van der Waals surface area (Å²) in [6.45, 7) is 2.30. The number of sulfonamides is 1. The predicted octanol–water partition coefficient (Wildman–Crippen LogP) is 3.11. The number of halogens is 1. The van der Waals surface area contributed by atoms with Gasteiger partial charge in [-0.3, -0.25) is 19.0 Å². The Morgan fingerprint density at radius 2 is 1.95 bits per heavy atom. The molecule has 0 aliphatic heterocycles. The summed E-state index contributed by atoms with van der Waals surface area (Å²) in [4.78, 5) is 22.8. The average molecular weight is 592 g/mol. The molecule has 14 heteroatoms. The van der Waals surface area contributed by atoms with Crippen LogP contribution in [-0.4, -0.2) is 49.8 Å². The van der Waals surface area contributed by atoms with E-state index in [1.165, 1.54) is 26.2 Å². The number of anilines is 1. The second-order valence-corrected chi connectivity index (χ2v) is 12.1. The van der Waals surface area contributed by atoms with Gasteiger partial charge in [0.1, 0.15) is 22.1 Å². The van der Waals surface area contributed by atoms with Gasteiger partial charge in [-0.05, 0) is 42.3 Å². The van der Waals surface area contributed by atoms with Gasteiger partial charge >= 0.3 is 0 Å². The Morgan fingerprint density at radius 3 is 2.64 bits per heavy atom. The number of hydrogen-bond donors (Lipinski definition) is 3. The molecule has 11 nitrogen and oxygen atoms in total. The number of rotatable bonds is 12. The molecule has 0 bridgehead atoms. The minimum Gasteiger partial charge on any atom is -0.496 e. The molecule has 0 unspecified atom stereocenters. The van der Waals surface area contributed by atoms with Crippen LogP contribution < -0.4 is 20.5 Å². The van der Waals surface area contributed by atoms with E-state index in [2.05, 4.69) is 15.1 Å². The van der Waals surface area contributed by atoms with Gasteiger partial charge in [-0.15, -0.1) is 11.3 Å². The lowest BCUT2D eigenvalue weighted by atomic mass is 10.1. The van der Waals surface area contributed by atoms with Gasteiger partial charge in [-0.2, -0.15) is 5.10 Å². The monoisotopic (exact) mass is 591 g/mol. The van der Waals surface area contributed by atoms with Crippen molar-refractivity contribution in [2.24, 2.45) is 5.73 Å². The third-order valence-corrected chi connectivity index (χ3v) is 8.94. The van der Waals surface area contributed by atoms with Crippen molar-refractivity contribution in [1.29, 1.82) is 0 Å². The second kappa shape index (κ2) is 12.0. The number of aromatic nitrogens is 2. The van der Waals surface area contributed by atoms with Crippen LogP contribution in [0.3, 0.4) is 0 Å². The number of thiophene rings is 1. The Morgan fingerprint density at radius 1 is 1.21 bits per heavy atom. The molecule has 2 heterocycles. The zero-order valence-electron chi connectivity index (χ0n) is 21.0. The van der Waals surface area contributed by atoms with Crippen LogP contribution in [0.4, 0.5) is 5.82 Å². The second-order valence-electron chi connectivity index (χ2n) is 8.53. The molecule has 4 rings (SSSR count). The first kappa shape index (κ1) is 28.4. The van der Waals surface area contributed by atoms with Crippen molar-refractivity contribution >= 4 is 62.1 Å². The third-order valence-electron chi connectivity index (χ3n) is 5.87. The minimum atomic E-state index is -3.93. The number of benzene rings is 2. The molecule has 0 saturated heterocycles. The standard InChI is InChI=1S/C25H26ClN5O6S2/c1-15(37-14-32)23(27)25(33)28-12-16-5-3-6-17(11-16)13-31-18-7-4-8-19(36-2)22(18)24(29-31)30-39(34,35)21-10-9-20(26)38-21/h3-11,14-15,23H,12-13,27H2,1-2H3,(H,28,33)(H,29,30)/t15-,23-/m1/s1. The van der Waals surface area contributed by atoms with Crippen LogP contribution in [0.1, 0.15) is 18.1 Å². The highest BCUT2D eigenvalue weighted by molar-refractivity contribution is 7.94. The fourth-order valence-corrected chi connectivity index (χ4v) is 6.37. The largest absolute Gasteiger partial charge is 0.496 e. The van der Waals surface area contributed by atoms with E-state index in [4.69, 9.17) is 26.8 Å². The average Bonchev–Trinajstić information content (AvgIpc) is 3.51. The molecule has 206 valence electrons. The summed E-state index contributed by atoms with van der Waals surface area (Å²) in [5, 5.41) is 7.81. The lowest BCUT2D eigenvalue weighted by Gasteiger charge is -2.17. The molecule has 0 spiro atoms. The first-order valence-corrected chi connectivity index (χ1v) is 14.3. The number of fused-ring (bicyclic) bond motifs is 1. The molecule has 0 radical (unpaired) electrons. The van der Waals surface area contributed by atoms with Crippen LogP contribution in [0.5, 0.6) is 5.75 Å². The van der Waals surface area contributed by atoms with Crippen LogP contribution in [-0.2, 0) is 37.4 Å². The highest BCUT2D eigenvalue weighted by Crippen LogP contribution is 2.35. The number of ether oxygens (including phenoxy) is 2. The maximum atomic E-state index is 13.0. The van der Waals surface area contributed by atoms with Gasteiger partial charge in [0.2, 0.25) is 5.91 Å². The summed E-state index contributed by atoms with van der Waals surface area (Å²) in [5.41, 5.74) is 8.15. The summed E-state index contributed by atoms with van der Waals surface area (Å²) < 4.78 is 40.9. The van der Waals surface area contributed by atoms with Gasteiger partial charge in [-0.25, -0.2) is 8.42 Å². The molecule has 0 fully saturated rings. The molecule has 4 aromatic rings. The maximum absolute atomic E-state index is 13.0. The molecule has 39 heavy (non-hydrogen) atoms. The Labute approximate surface area is 233 Å². The summed E-state index contributed by atoms with van der Waals surface area (Å²) >= 11 is 6.88. The number of nitrogens with two attached hydrogens (primary N) is 1. The summed E-state index contributed by atoms with van der Waals surface area (Å²) in [7, 11) is -2.43. The predicted molar refractivity (Wildman–Crippen MR) is 148 cm³/mol.